The Bertz CT molecular complexity index is 600. The van der Waals surface area contributed by atoms with Crippen LogP contribution < -0.4 is 11.3 Å². The molecule has 0 bridgehead atoms. The lowest BCUT2D eigenvalue weighted by molar-refractivity contribution is 0.493. The van der Waals surface area contributed by atoms with Crippen LogP contribution in [0, 0.1) is 11.6 Å². The van der Waals surface area contributed by atoms with E-state index in [2.05, 4.69) is 26.3 Å². The highest BCUT2D eigenvalue weighted by Crippen LogP contribution is 2.30. The van der Waals surface area contributed by atoms with Gasteiger partial charge in [0.1, 0.15) is 11.9 Å². The fourth-order valence-corrected chi connectivity index (χ4v) is 2.63. The van der Waals surface area contributed by atoms with E-state index in [0.717, 1.165) is 19.0 Å². The van der Waals surface area contributed by atoms with Crippen molar-refractivity contribution in [3.05, 3.63) is 52.0 Å². The molecule has 0 spiro atoms. The van der Waals surface area contributed by atoms with Gasteiger partial charge in [-0.1, -0.05) is 13.0 Å². The summed E-state index contributed by atoms with van der Waals surface area (Å²) in [5.74, 6) is 4.39. The smallest absolute Gasteiger partial charge is 0.173 e. The van der Waals surface area contributed by atoms with Crippen LogP contribution in [0.25, 0.3) is 0 Å². The molecular weight excluding hydrogens is 330 g/mol. The Morgan fingerprint density at radius 3 is 2.85 bits per heavy atom. The molecule has 20 heavy (non-hydrogen) atoms. The van der Waals surface area contributed by atoms with Crippen molar-refractivity contribution in [2.24, 2.45) is 5.84 Å². The molecule has 0 fully saturated rings. The number of nitrogens with one attached hydrogen (secondary N) is 1. The lowest BCUT2D eigenvalue weighted by Gasteiger charge is -2.19. The monoisotopic (exact) mass is 344 g/mol. The highest BCUT2D eigenvalue weighted by Gasteiger charge is 2.23. The maximum atomic E-state index is 13.7. The van der Waals surface area contributed by atoms with Crippen molar-refractivity contribution in [3.63, 3.8) is 0 Å². The molecular formula is C13H15BrF2N4. The molecule has 1 aromatic carbocycles. The standard InChI is InChI=1S/C13H15BrF2N4/c1-2-6-20-7-5-18-13(20)12(19-17)8-3-4-9(15)11(16)10(8)14/h3-5,7,12,19H,2,6,17H2,1H3. The molecule has 1 aromatic heterocycles. The summed E-state index contributed by atoms with van der Waals surface area (Å²) < 4.78 is 28.8. The summed E-state index contributed by atoms with van der Waals surface area (Å²) in [6, 6.07) is 2.03. The van der Waals surface area contributed by atoms with Gasteiger partial charge in [0.15, 0.2) is 11.6 Å². The lowest BCUT2D eigenvalue weighted by atomic mass is 10.1. The van der Waals surface area contributed by atoms with Crippen molar-refractivity contribution in [1.29, 1.82) is 0 Å². The number of rotatable bonds is 5. The van der Waals surface area contributed by atoms with Gasteiger partial charge in [-0.3, -0.25) is 5.84 Å². The molecule has 108 valence electrons. The van der Waals surface area contributed by atoms with E-state index < -0.39 is 17.7 Å². The quantitative estimate of drug-likeness (QED) is 0.498. The SMILES string of the molecule is CCCn1ccnc1C(NN)c1ccc(F)c(F)c1Br. The van der Waals surface area contributed by atoms with Gasteiger partial charge in [-0.2, -0.15) is 0 Å². The third kappa shape index (κ3) is 2.74. The summed E-state index contributed by atoms with van der Waals surface area (Å²) in [5, 5.41) is 0. The fraction of sp³-hybridized carbons (Fsp3) is 0.308. The Balaban J connectivity index is 2.47. The summed E-state index contributed by atoms with van der Waals surface area (Å²) >= 11 is 3.07. The Morgan fingerprint density at radius 2 is 2.20 bits per heavy atom. The summed E-state index contributed by atoms with van der Waals surface area (Å²) in [4.78, 5) is 4.26. The molecule has 1 heterocycles. The first-order valence-electron chi connectivity index (χ1n) is 6.20. The minimum atomic E-state index is -0.934. The van der Waals surface area contributed by atoms with Crippen molar-refractivity contribution in [2.45, 2.75) is 25.9 Å². The molecule has 0 aliphatic heterocycles. The number of nitrogens with two attached hydrogens (primary N) is 1. The van der Waals surface area contributed by atoms with E-state index >= 15 is 0 Å². The number of halogens is 3. The number of imidazole rings is 1. The van der Waals surface area contributed by atoms with Gasteiger partial charge in [-0.05, 0) is 34.0 Å². The Hall–Kier alpha value is -1.31. The van der Waals surface area contributed by atoms with E-state index in [4.69, 9.17) is 5.84 Å². The van der Waals surface area contributed by atoms with Crippen LogP contribution in [0.5, 0.6) is 0 Å². The van der Waals surface area contributed by atoms with Crippen molar-refractivity contribution in [1.82, 2.24) is 15.0 Å². The molecule has 2 aromatic rings. The normalized spacial score (nSPS) is 12.7. The second kappa shape index (κ2) is 6.43. The van der Waals surface area contributed by atoms with Crippen LogP contribution in [0.15, 0.2) is 29.0 Å². The molecule has 1 unspecified atom stereocenters. The van der Waals surface area contributed by atoms with Crippen LogP contribution >= 0.6 is 15.9 Å². The number of benzene rings is 1. The summed E-state index contributed by atoms with van der Waals surface area (Å²) in [7, 11) is 0. The minimum absolute atomic E-state index is 0.0477. The van der Waals surface area contributed by atoms with Crippen LogP contribution in [0.1, 0.15) is 30.8 Å². The minimum Gasteiger partial charge on any atom is -0.333 e. The van der Waals surface area contributed by atoms with Crippen molar-refractivity contribution < 1.29 is 8.78 Å². The zero-order valence-electron chi connectivity index (χ0n) is 10.9. The highest BCUT2D eigenvalue weighted by atomic mass is 79.9. The number of aromatic nitrogens is 2. The maximum absolute atomic E-state index is 13.7. The van der Waals surface area contributed by atoms with Crippen LogP contribution in [0.3, 0.4) is 0 Å². The van der Waals surface area contributed by atoms with E-state index in [9.17, 15) is 8.78 Å². The average Bonchev–Trinajstić information content (AvgIpc) is 2.88. The zero-order valence-corrected chi connectivity index (χ0v) is 12.5. The topological polar surface area (TPSA) is 55.9 Å². The molecule has 0 radical (unpaired) electrons. The maximum Gasteiger partial charge on any atom is 0.173 e. The van der Waals surface area contributed by atoms with Crippen molar-refractivity contribution in [3.8, 4) is 0 Å². The van der Waals surface area contributed by atoms with Crippen LogP contribution in [0.2, 0.25) is 0 Å². The van der Waals surface area contributed by atoms with Crippen LogP contribution in [-0.2, 0) is 6.54 Å². The van der Waals surface area contributed by atoms with E-state index in [0.29, 0.717) is 11.4 Å². The van der Waals surface area contributed by atoms with Crippen molar-refractivity contribution >= 4 is 15.9 Å². The van der Waals surface area contributed by atoms with Crippen molar-refractivity contribution in [2.75, 3.05) is 0 Å². The predicted molar refractivity (Wildman–Crippen MR) is 75.7 cm³/mol. The lowest BCUT2D eigenvalue weighted by Crippen LogP contribution is -2.31. The Labute approximate surface area is 124 Å². The second-order valence-corrected chi connectivity index (χ2v) is 5.14. The zero-order chi connectivity index (χ0) is 14.7. The predicted octanol–water partition coefficient (Wildman–Crippen LogP) is 2.89. The molecule has 3 N–H and O–H groups in total. The Morgan fingerprint density at radius 1 is 1.45 bits per heavy atom. The molecule has 4 nitrogen and oxygen atoms in total. The van der Waals surface area contributed by atoms with Gasteiger partial charge >= 0.3 is 0 Å². The van der Waals surface area contributed by atoms with Crippen LogP contribution in [-0.4, -0.2) is 9.55 Å². The summed E-state index contributed by atoms with van der Waals surface area (Å²) in [6.07, 6.45) is 4.42. The van der Waals surface area contributed by atoms with Gasteiger partial charge in [-0.25, -0.2) is 19.2 Å². The molecule has 2 rings (SSSR count). The molecule has 7 heteroatoms. The van der Waals surface area contributed by atoms with Gasteiger partial charge in [-0.15, -0.1) is 0 Å². The summed E-state index contributed by atoms with van der Waals surface area (Å²) in [5.41, 5.74) is 3.10. The van der Waals surface area contributed by atoms with E-state index in [1.807, 2.05) is 17.7 Å². The van der Waals surface area contributed by atoms with Gasteiger partial charge in [0.05, 0.1) is 4.47 Å². The van der Waals surface area contributed by atoms with E-state index in [1.54, 1.807) is 6.20 Å². The van der Waals surface area contributed by atoms with Gasteiger partial charge in [0.2, 0.25) is 0 Å². The largest absolute Gasteiger partial charge is 0.333 e. The third-order valence-electron chi connectivity index (χ3n) is 3.01. The highest BCUT2D eigenvalue weighted by molar-refractivity contribution is 9.10. The molecule has 0 aliphatic rings. The number of hydrogen-bond acceptors (Lipinski definition) is 3. The molecule has 0 saturated carbocycles. The molecule has 0 amide bonds. The van der Waals surface area contributed by atoms with Gasteiger partial charge in [0, 0.05) is 18.9 Å². The van der Waals surface area contributed by atoms with Gasteiger partial charge < -0.3 is 4.57 Å². The molecule has 0 saturated heterocycles. The Kier molecular flexibility index (Phi) is 4.85. The molecule has 1 atom stereocenters. The summed E-state index contributed by atoms with van der Waals surface area (Å²) in [6.45, 7) is 2.82. The third-order valence-corrected chi connectivity index (χ3v) is 3.82. The van der Waals surface area contributed by atoms with E-state index in [-0.39, 0.29) is 4.47 Å². The first kappa shape index (κ1) is 15.1. The second-order valence-electron chi connectivity index (χ2n) is 4.34. The number of hydrazine groups is 1. The number of hydrogen-bond donors (Lipinski definition) is 2. The average molecular weight is 345 g/mol. The van der Waals surface area contributed by atoms with Gasteiger partial charge in [0.25, 0.3) is 0 Å². The molecule has 0 aliphatic carbocycles. The number of aryl methyl sites for hydroxylation is 1. The first-order chi connectivity index (χ1) is 9.60. The first-order valence-corrected chi connectivity index (χ1v) is 7.00. The van der Waals surface area contributed by atoms with E-state index in [1.165, 1.54) is 6.07 Å². The van der Waals surface area contributed by atoms with Crippen LogP contribution in [0.4, 0.5) is 8.78 Å². The fourth-order valence-electron chi connectivity index (χ4n) is 2.08. The number of nitrogens with zero attached hydrogens (tertiary/aromatic N) is 2.